The Bertz CT molecular complexity index is 960. The van der Waals surface area contributed by atoms with E-state index in [2.05, 4.69) is 86.6 Å². The molecule has 0 aromatic heterocycles. The van der Waals surface area contributed by atoms with Crippen molar-refractivity contribution in [3.05, 3.63) is 57.3 Å². The van der Waals surface area contributed by atoms with Crippen LogP contribution in [0.25, 0.3) is 0 Å². The van der Waals surface area contributed by atoms with Crippen LogP contribution < -0.4 is 10.7 Å². The second kappa shape index (κ2) is 15.1. The molecule has 1 fully saturated rings. The van der Waals surface area contributed by atoms with Crippen molar-refractivity contribution in [3.8, 4) is 0 Å². The summed E-state index contributed by atoms with van der Waals surface area (Å²) in [5.41, 5.74) is 9.91. The van der Waals surface area contributed by atoms with Crippen LogP contribution in [0.2, 0.25) is 0 Å². The molecule has 0 amide bonds. The summed E-state index contributed by atoms with van der Waals surface area (Å²) in [7, 11) is 1.99. The van der Waals surface area contributed by atoms with E-state index in [1.165, 1.54) is 59.4 Å². The number of thioether (sulfide) groups is 1. The maximum absolute atomic E-state index is 9.38. The molecule has 0 radical (unpaired) electrons. The number of hydrogen-bond acceptors (Lipinski definition) is 5. The quantitative estimate of drug-likeness (QED) is 0.231. The molecule has 2 aliphatic heterocycles. The van der Waals surface area contributed by atoms with Crippen molar-refractivity contribution in [2.75, 3.05) is 26.7 Å². The fraction of sp³-hybridized carbons (Fsp3) is 0.656. The van der Waals surface area contributed by atoms with Gasteiger partial charge in [-0.2, -0.15) is 0 Å². The average Bonchev–Trinajstić information content (AvgIpc) is 2.91. The monoisotopic (exact) mass is 539 g/mol. The largest absolute Gasteiger partial charge is 0.385 e. The molecule has 5 nitrogen and oxygen atoms in total. The van der Waals surface area contributed by atoms with Crippen LogP contribution >= 0.6 is 11.8 Å². The van der Waals surface area contributed by atoms with E-state index < -0.39 is 0 Å². The van der Waals surface area contributed by atoms with Crippen LogP contribution in [0.15, 0.2) is 57.3 Å². The van der Waals surface area contributed by atoms with E-state index in [1.54, 1.807) is 0 Å². The first-order valence-electron chi connectivity index (χ1n) is 14.9. The normalized spacial score (nSPS) is 26.2. The van der Waals surface area contributed by atoms with Gasteiger partial charge in [-0.3, -0.25) is 10.8 Å². The molecule has 0 saturated heterocycles. The van der Waals surface area contributed by atoms with Crippen LogP contribution in [0.3, 0.4) is 0 Å². The number of hydrogen-bond donors (Lipinski definition) is 3. The van der Waals surface area contributed by atoms with E-state index in [0.29, 0.717) is 17.1 Å². The Kier molecular flexibility index (Phi) is 12.3. The van der Waals surface area contributed by atoms with Gasteiger partial charge in [0, 0.05) is 59.7 Å². The molecule has 0 bridgehead atoms. The molecular weight excluding hydrogens is 486 g/mol. The van der Waals surface area contributed by atoms with Crippen LogP contribution in [-0.2, 0) is 0 Å². The van der Waals surface area contributed by atoms with Gasteiger partial charge < -0.3 is 10.2 Å². The summed E-state index contributed by atoms with van der Waals surface area (Å²) >= 11 is 1.97. The maximum atomic E-state index is 9.38. The molecule has 6 heteroatoms. The van der Waals surface area contributed by atoms with Crippen molar-refractivity contribution in [1.29, 1.82) is 5.41 Å². The Labute approximate surface area is 237 Å². The zero-order valence-electron chi connectivity index (χ0n) is 25.1. The number of hydrazine groups is 1. The van der Waals surface area contributed by atoms with Gasteiger partial charge in [-0.1, -0.05) is 69.4 Å². The smallest absolute Gasteiger partial charge is 0.131 e. The first-order chi connectivity index (χ1) is 18.2. The van der Waals surface area contributed by atoms with Gasteiger partial charge in [0.05, 0.1) is 0 Å². The van der Waals surface area contributed by atoms with Crippen molar-refractivity contribution in [2.24, 2.45) is 5.92 Å². The lowest BCUT2D eigenvalue weighted by Gasteiger charge is -2.35. The standard InChI is InChI=1S/C32H53N5S/c1-23(2)31(38-24(3)4)27-20-25(5)12-11-17-36(18-15-26(6)21-27)32(33)29-22-37(34-7)19-16-30(29)35-28-13-9-8-10-14-28/h15,18,20-21,24,26,28,33-35H,8-14,16-17,19,22H2,1-7H3/b18-15+,25-20+,27-21+,33-32?. The molecule has 212 valence electrons. The Morgan fingerprint density at radius 1 is 1.08 bits per heavy atom. The number of nitrogens with zero attached hydrogens (tertiary/aromatic N) is 2. The van der Waals surface area contributed by atoms with E-state index >= 15 is 0 Å². The van der Waals surface area contributed by atoms with Crippen LogP contribution in [0.1, 0.15) is 92.9 Å². The maximum Gasteiger partial charge on any atom is 0.131 e. The van der Waals surface area contributed by atoms with Gasteiger partial charge in [0.15, 0.2) is 0 Å². The van der Waals surface area contributed by atoms with Gasteiger partial charge in [-0.15, -0.1) is 11.8 Å². The van der Waals surface area contributed by atoms with Crippen LogP contribution in [0.4, 0.5) is 0 Å². The van der Waals surface area contributed by atoms with E-state index in [0.717, 1.165) is 44.5 Å². The minimum atomic E-state index is 0.276. The number of allylic oxidation sites excluding steroid dienone is 6. The Morgan fingerprint density at radius 2 is 1.82 bits per heavy atom. The third-order valence-electron chi connectivity index (χ3n) is 7.67. The van der Waals surface area contributed by atoms with E-state index in [-0.39, 0.29) is 5.92 Å². The van der Waals surface area contributed by atoms with Crippen molar-refractivity contribution >= 4 is 17.6 Å². The van der Waals surface area contributed by atoms with E-state index in [9.17, 15) is 5.41 Å². The van der Waals surface area contributed by atoms with E-state index in [1.807, 2.05) is 18.8 Å². The first kappa shape index (κ1) is 30.8. The molecule has 2 heterocycles. The zero-order chi connectivity index (χ0) is 27.7. The second-order valence-electron chi connectivity index (χ2n) is 11.8. The molecule has 38 heavy (non-hydrogen) atoms. The van der Waals surface area contributed by atoms with Crippen LogP contribution in [0, 0.1) is 11.3 Å². The molecule has 3 rings (SSSR count). The number of rotatable bonds is 7. The minimum absolute atomic E-state index is 0.276. The molecule has 1 aliphatic carbocycles. The predicted octanol–water partition coefficient (Wildman–Crippen LogP) is 7.53. The molecule has 3 N–H and O–H groups in total. The lowest BCUT2D eigenvalue weighted by atomic mass is 9.94. The average molecular weight is 540 g/mol. The zero-order valence-corrected chi connectivity index (χ0v) is 25.9. The summed E-state index contributed by atoms with van der Waals surface area (Å²) in [4.78, 5) is 3.60. The summed E-state index contributed by atoms with van der Waals surface area (Å²) in [5.74, 6) is 0.927. The molecule has 0 spiro atoms. The predicted molar refractivity (Wildman–Crippen MR) is 167 cm³/mol. The topological polar surface area (TPSA) is 54.4 Å². The Balaban J connectivity index is 1.89. The van der Waals surface area contributed by atoms with Crippen molar-refractivity contribution in [2.45, 2.75) is 104 Å². The minimum Gasteiger partial charge on any atom is -0.385 e. The molecule has 1 unspecified atom stereocenters. The molecule has 1 saturated carbocycles. The van der Waals surface area contributed by atoms with Gasteiger partial charge in [-0.05, 0) is 65.0 Å². The number of nitrogens with one attached hydrogen (secondary N) is 3. The fourth-order valence-corrected chi connectivity index (χ4v) is 6.57. The number of amidine groups is 1. The molecule has 3 aliphatic rings. The summed E-state index contributed by atoms with van der Waals surface area (Å²) in [5, 5.41) is 16.1. The molecule has 1 atom stereocenters. The van der Waals surface area contributed by atoms with Gasteiger partial charge in [0.1, 0.15) is 5.84 Å². The summed E-state index contributed by atoms with van der Waals surface area (Å²) < 4.78 is 0. The second-order valence-corrected chi connectivity index (χ2v) is 13.4. The summed E-state index contributed by atoms with van der Waals surface area (Å²) in [6.45, 7) is 16.1. The Morgan fingerprint density at radius 3 is 2.47 bits per heavy atom. The highest BCUT2D eigenvalue weighted by Gasteiger charge is 2.26. The van der Waals surface area contributed by atoms with Crippen molar-refractivity contribution in [3.63, 3.8) is 0 Å². The van der Waals surface area contributed by atoms with Crippen LogP contribution in [0.5, 0.6) is 0 Å². The highest BCUT2D eigenvalue weighted by Crippen LogP contribution is 2.34. The van der Waals surface area contributed by atoms with Crippen molar-refractivity contribution in [1.82, 2.24) is 20.7 Å². The lowest BCUT2D eigenvalue weighted by Crippen LogP contribution is -2.46. The van der Waals surface area contributed by atoms with Gasteiger partial charge in [0.25, 0.3) is 0 Å². The fourth-order valence-electron chi connectivity index (χ4n) is 5.60. The highest BCUT2D eigenvalue weighted by molar-refractivity contribution is 8.03. The van der Waals surface area contributed by atoms with Gasteiger partial charge in [0.2, 0.25) is 0 Å². The first-order valence-corrected chi connectivity index (χ1v) is 15.7. The Hall–Kier alpha value is -1.76. The van der Waals surface area contributed by atoms with Gasteiger partial charge >= 0.3 is 0 Å². The SMILES string of the molecule is CNN1CCC(NC2CCCCC2)=C(C(=N)N2/C=C/C(C)/C=C(C(SC(C)C)=C(C)C)\C=C(/C)CCC2)C1. The van der Waals surface area contributed by atoms with E-state index in [4.69, 9.17) is 0 Å². The van der Waals surface area contributed by atoms with Gasteiger partial charge in [-0.25, -0.2) is 5.01 Å². The molecular formula is C32H53N5S. The third kappa shape index (κ3) is 9.17. The van der Waals surface area contributed by atoms with Crippen molar-refractivity contribution < 1.29 is 0 Å². The highest BCUT2D eigenvalue weighted by atomic mass is 32.2. The van der Waals surface area contributed by atoms with Crippen LogP contribution in [-0.4, -0.2) is 53.7 Å². The summed E-state index contributed by atoms with van der Waals surface area (Å²) in [6, 6.07) is 0.560. The molecule has 0 aromatic rings. The lowest BCUT2D eigenvalue weighted by molar-refractivity contribution is 0.215. The third-order valence-corrected chi connectivity index (χ3v) is 9.02. The molecule has 0 aromatic carbocycles. The summed E-state index contributed by atoms with van der Waals surface area (Å²) in [6.07, 6.45) is 18.8.